The number of halogens is 2. The molecule has 38 heavy (non-hydrogen) atoms. The largest absolute Gasteiger partial charge is 0.318 e. The lowest BCUT2D eigenvalue weighted by Gasteiger charge is -2.09. The Morgan fingerprint density at radius 2 is 1.55 bits per heavy atom. The van der Waals surface area contributed by atoms with Crippen LogP contribution in [0.1, 0.15) is 48.9 Å². The second-order valence-corrected chi connectivity index (χ2v) is 8.97. The van der Waals surface area contributed by atoms with Gasteiger partial charge in [-0.15, -0.1) is 0 Å². The Hall–Kier alpha value is -4.85. The van der Waals surface area contributed by atoms with Gasteiger partial charge in [0.15, 0.2) is 0 Å². The van der Waals surface area contributed by atoms with Gasteiger partial charge < -0.3 is 8.97 Å². The van der Waals surface area contributed by atoms with Gasteiger partial charge in [-0.2, -0.15) is 5.10 Å². The number of carbonyl (C=O) groups is 2. The van der Waals surface area contributed by atoms with Crippen LogP contribution in [-0.2, 0) is 0 Å². The standard InChI is InChI=1S/C30H24F2N4O2/c1-18-16-25(20(3)36(18)24-13-11-23(32)12-14-24)30(38)34-33-17-26-19(2)28(35-15-5-4-6-27(26)35)29(37)21-7-9-22(31)10-8-21/h4-17H,1-3H3,(H,34,38). The molecular formula is C30H24F2N4O2. The smallest absolute Gasteiger partial charge is 0.273 e. The van der Waals surface area contributed by atoms with Crippen LogP contribution in [0.4, 0.5) is 8.78 Å². The Labute approximate surface area is 217 Å². The summed E-state index contributed by atoms with van der Waals surface area (Å²) >= 11 is 0. The van der Waals surface area contributed by atoms with Crippen molar-refractivity contribution in [1.29, 1.82) is 0 Å². The quantitative estimate of drug-likeness (QED) is 0.175. The Morgan fingerprint density at radius 3 is 2.24 bits per heavy atom. The predicted octanol–water partition coefficient (Wildman–Crippen LogP) is 5.93. The van der Waals surface area contributed by atoms with Crippen LogP contribution in [0.5, 0.6) is 0 Å². The predicted molar refractivity (Wildman–Crippen MR) is 142 cm³/mol. The number of amides is 1. The Balaban J connectivity index is 1.44. The summed E-state index contributed by atoms with van der Waals surface area (Å²) in [6, 6.07) is 18.7. The van der Waals surface area contributed by atoms with Crippen molar-refractivity contribution in [2.45, 2.75) is 20.8 Å². The lowest BCUT2D eigenvalue weighted by atomic mass is 10.0. The van der Waals surface area contributed by atoms with Gasteiger partial charge in [0.25, 0.3) is 5.91 Å². The highest BCUT2D eigenvalue weighted by molar-refractivity contribution is 6.12. The fraction of sp³-hybridized carbons (Fsp3) is 0.100. The molecule has 0 aliphatic carbocycles. The van der Waals surface area contributed by atoms with E-state index in [1.165, 1.54) is 42.6 Å². The van der Waals surface area contributed by atoms with Crippen LogP contribution in [0, 0.1) is 32.4 Å². The number of benzene rings is 2. The van der Waals surface area contributed by atoms with Gasteiger partial charge in [0.05, 0.1) is 23.0 Å². The number of hydrogen-bond acceptors (Lipinski definition) is 3. The molecule has 5 aromatic rings. The van der Waals surface area contributed by atoms with E-state index in [0.717, 1.165) is 16.9 Å². The van der Waals surface area contributed by atoms with Crippen molar-refractivity contribution in [2.75, 3.05) is 0 Å². The fourth-order valence-corrected chi connectivity index (χ4v) is 4.73. The van der Waals surface area contributed by atoms with Crippen LogP contribution in [0.15, 0.2) is 84.1 Å². The minimum Gasteiger partial charge on any atom is -0.318 e. The Bertz CT molecular complexity index is 1710. The van der Waals surface area contributed by atoms with Crippen LogP contribution in [0.3, 0.4) is 0 Å². The number of hydrogen-bond donors (Lipinski definition) is 1. The SMILES string of the molecule is Cc1c(C=NNC(=O)c2cc(C)n(-c3ccc(F)cc3)c2C)c2ccccn2c1C(=O)c1ccc(F)cc1. The fourth-order valence-electron chi connectivity index (χ4n) is 4.73. The van der Waals surface area contributed by atoms with Crippen LogP contribution >= 0.6 is 0 Å². The van der Waals surface area contributed by atoms with Crippen molar-refractivity contribution >= 4 is 23.4 Å². The van der Waals surface area contributed by atoms with Gasteiger partial charge in [0, 0.05) is 34.4 Å². The third-order valence-electron chi connectivity index (χ3n) is 6.58. The van der Waals surface area contributed by atoms with Crippen molar-refractivity contribution in [3.8, 4) is 5.69 Å². The first-order chi connectivity index (χ1) is 18.3. The van der Waals surface area contributed by atoms with E-state index in [1.807, 2.05) is 43.5 Å². The van der Waals surface area contributed by atoms with E-state index in [1.54, 1.807) is 28.8 Å². The zero-order valence-electron chi connectivity index (χ0n) is 21.0. The lowest BCUT2D eigenvalue weighted by Crippen LogP contribution is -2.18. The Kier molecular flexibility index (Phi) is 6.46. The first kappa shape index (κ1) is 24.8. The molecule has 190 valence electrons. The monoisotopic (exact) mass is 510 g/mol. The van der Waals surface area contributed by atoms with Crippen LogP contribution in [0.25, 0.3) is 11.2 Å². The number of nitrogens with zero attached hydrogens (tertiary/aromatic N) is 3. The number of fused-ring (bicyclic) bond motifs is 1. The molecule has 0 saturated carbocycles. The van der Waals surface area contributed by atoms with E-state index in [4.69, 9.17) is 0 Å². The highest BCUT2D eigenvalue weighted by Gasteiger charge is 2.21. The van der Waals surface area contributed by atoms with E-state index in [-0.39, 0.29) is 11.6 Å². The third kappa shape index (κ3) is 4.41. The first-order valence-corrected chi connectivity index (χ1v) is 11.9. The van der Waals surface area contributed by atoms with Crippen molar-refractivity contribution < 1.29 is 18.4 Å². The van der Waals surface area contributed by atoms with Crippen molar-refractivity contribution in [3.63, 3.8) is 0 Å². The molecule has 3 heterocycles. The average molecular weight is 511 g/mol. The minimum absolute atomic E-state index is 0.249. The third-order valence-corrected chi connectivity index (χ3v) is 6.58. The summed E-state index contributed by atoms with van der Waals surface area (Å²) in [6.07, 6.45) is 3.29. The number of ketones is 1. The summed E-state index contributed by atoms with van der Waals surface area (Å²) in [5.41, 5.74) is 8.17. The molecule has 0 spiro atoms. The highest BCUT2D eigenvalue weighted by atomic mass is 19.1. The van der Waals surface area contributed by atoms with Gasteiger partial charge in [-0.3, -0.25) is 9.59 Å². The number of nitrogens with one attached hydrogen (secondary N) is 1. The second kappa shape index (κ2) is 9.89. The van der Waals surface area contributed by atoms with Gasteiger partial charge in [-0.05, 0) is 93.1 Å². The van der Waals surface area contributed by atoms with Crippen molar-refractivity contribution in [1.82, 2.24) is 14.4 Å². The molecule has 1 amide bonds. The molecule has 0 saturated heterocycles. The lowest BCUT2D eigenvalue weighted by molar-refractivity contribution is 0.0953. The van der Waals surface area contributed by atoms with Gasteiger partial charge in [0.1, 0.15) is 11.6 Å². The number of carbonyl (C=O) groups excluding carboxylic acids is 2. The topological polar surface area (TPSA) is 67.9 Å². The molecule has 0 radical (unpaired) electrons. The molecule has 0 unspecified atom stereocenters. The van der Waals surface area contributed by atoms with Gasteiger partial charge in [-0.25, -0.2) is 14.2 Å². The van der Waals surface area contributed by atoms with Gasteiger partial charge >= 0.3 is 0 Å². The molecule has 5 rings (SSSR count). The molecule has 8 heteroatoms. The first-order valence-electron chi connectivity index (χ1n) is 11.9. The summed E-state index contributed by atoms with van der Waals surface area (Å²) in [5, 5.41) is 4.19. The summed E-state index contributed by atoms with van der Waals surface area (Å²) < 4.78 is 30.4. The Morgan fingerprint density at radius 1 is 0.895 bits per heavy atom. The normalized spacial score (nSPS) is 11.4. The van der Waals surface area contributed by atoms with Crippen LogP contribution in [-0.4, -0.2) is 26.9 Å². The number of hydrazone groups is 1. The zero-order chi connectivity index (χ0) is 27.0. The van der Waals surface area contributed by atoms with Gasteiger partial charge in [0.2, 0.25) is 5.78 Å². The van der Waals surface area contributed by atoms with Crippen LogP contribution < -0.4 is 5.43 Å². The molecule has 3 aromatic heterocycles. The summed E-state index contributed by atoms with van der Waals surface area (Å²) in [7, 11) is 0. The molecule has 0 bridgehead atoms. The summed E-state index contributed by atoms with van der Waals surface area (Å²) in [6.45, 7) is 5.49. The maximum Gasteiger partial charge on any atom is 0.273 e. The number of aryl methyl sites for hydroxylation is 1. The van der Waals surface area contributed by atoms with E-state index in [2.05, 4.69) is 10.5 Å². The number of pyridine rings is 1. The maximum atomic E-state index is 13.4. The molecule has 6 nitrogen and oxygen atoms in total. The molecular weight excluding hydrogens is 486 g/mol. The molecule has 1 N–H and O–H groups in total. The average Bonchev–Trinajstić information content (AvgIpc) is 3.36. The molecule has 0 aliphatic heterocycles. The van der Waals surface area contributed by atoms with E-state index >= 15 is 0 Å². The summed E-state index contributed by atoms with van der Waals surface area (Å²) in [5.74, 6) is -1.40. The van der Waals surface area contributed by atoms with Crippen molar-refractivity contribution in [2.24, 2.45) is 5.10 Å². The molecule has 0 fully saturated rings. The highest BCUT2D eigenvalue weighted by Crippen LogP contribution is 2.25. The molecule has 0 atom stereocenters. The number of rotatable bonds is 6. The number of aromatic nitrogens is 2. The van der Waals surface area contributed by atoms with E-state index in [9.17, 15) is 18.4 Å². The van der Waals surface area contributed by atoms with E-state index in [0.29, 0.717) is 33.6 Å². The minimum atomic E-state index is -0.416. The van der Waals surface area contributed by atoms with E-state index < -0.39 is 11.7 Å². The zero-order valence-corrected chi connectivity index (χ0v) is 21.0. The molecule has 0 aliphatic rings. The van der Waals surface area contributed by atoms with Crippen LogP contribution in [0.2, 0.25) is 0 Å². The maximum absolute atomic E-state index is 13.4. The molecule has 2 aromatic carbocycles. The summed E-state index contributed by atoms with van der Waals surface area (Å²) in [4.78, 5) is 26.3. The second-order valence-electron chi connectivity index (χ2n) is 8.97. The van der Waals surface area contributed by atoms with Gasteiger partial charge in [-0.1, -0.05) is 6.07 Å². The van der Waals surface area contributed by atoms with Crippen molar-refractivity contribution in [3.05, 3.63) is 130 Å².